The molecule has 26 heavy (non-hydrogen) atoms. The molecule has 0 aliphatic rings. The summed E-state index contributed by atoms with van der Waals surface area (Å²) in [6.07, 6.45) is 5.12. The SMILES string of the molecule is CC(=O)c1cc(C)cc2nc(-c3conc3C)c(-c3cccnc3)cc12. The Balaban J connectivity index is 2.12. The van der Waals surface area contributed by atoms with Crippen LogP contribution in [0.15, 0.2) is 53.5 Å². The minimum absolute atomic E-state index is 0.0199. The van der Waals surface area contributed by atoms with E-state index in [1.165, 1.54) is 0 Å². The van der Waals surface area contributed by atoms with Gasteiger partial charge in [-0.3, -0.25) is 9.78 Å². The highest BCUT2D eigenvalue weighted by Crippen LogP contribution is 2.35. The fourth-order valence-electron chi connectivity index (χ4n) is 3.17. The predicted molar refractivity (Wildman–Crippen MR) is 99.9 cm³/mol. The van der Waals surface area contributed by atoms with E-state index in [4.69, 9.17) is 9.51 Å². The topological polar surface area (TPSA) is 68.9 Å². The third-order valence-corrected chi connectivity index (χ3v) is 4.44. The second-order valence-electron chi connectivity index (χ2n) is 6.38. The van der Waals surface area contributed by atoms with E-state index in [-0.39, 0.29) is 5.78 Å². The Labute approximate surface area is 150 Å². The maximum atomic E-state index is 12.2. The summed E-state index contributed by atoms with van der Waals surface area (Å²) in [5.41, 5.74) is 6.63. The number of ketones is 1. The van der Waals surface area contributed by atoms with Crippen molar-refractivity contribution in [3.8, 4) is 22.4 Å². The number of rotatable bonds is 3. The Kier molecular flexibility index (Phi) is 3.84. The fourth-order valence-corrected chi connectivity index (χ4v) is 3.17. The summed E-state index contributed by atoms with van der Waals surface area (Å²) in [5, 5.41) is 4.82. The van der Waals surface area contributed by atoms with E-state index < -0.39 is 0 Å². The normalized spacial score (nSPS) is 11.0. The molecule has 0 aliphatic carbocycles. The van der Waals surface area contributed by atoms with Crippen LogP contribution in [-0.2, 0) is 0 Å². The van der Waals surface area contributed by atoms with Gasteiger partial charge in [0.15, 0.2) is 5.78 Å². The van der Waals surface area contributed by atoms with Crippen LogP contribution in [0.3, 0.4) is 0 Å². The van der Waals surface area contributed by atoms with E-state index in [2.05, 4.69) is 10.1 Å². The molecule has 0 amide bonds. The van der Waals surface area contributed by atoms with Crippen molar-refractivity contribution in [2.24, 2.45) is 0 Å². The molecule has 0 atom stereocenters. The van der Waals surface area contributed by atoms with Gasteiger partial charge in [0, 0.05) is 34.5 Å². The molecule has 5 nitrogen and oxygen atoms in total. The summed E-state index contributed by atoms with van der Waals surface area (Å²) in [5.74, 6) is 0.0199. The minimum atomic E-state index is 0.0199. The summed E-state index contributed by atoms with van der Waals surface area (Å²) in [6.45, 7) is 5.43. The van der Waals surface area contributed by atoms with Crippen molar-refractivity contribution in [1.82, 2.24) is 15.1 Å². The van der Waals surface area contributed by atoms with Crippen LogP contribution in [0.25, 0.3) is 33.3 Å². The Bertz CT molecular complexity index is 1130. The number of Topliss-reactive ketones (excluding diaryl/α,β-unsaturated/α-hetero) is 1. The van der Waals surface area contributed by atoms with Crippen LogP contribution >= 0.6 is 0 Å². The lowest BCUT2D eigenvalue weighted by Crippen LogP contribution is -1.99. The number of pyridine rings is 2. The van der Waals surface area contributed by atoms with Crippen molar-refractivity contribution >= 4 is 16.7 Å². The maximum absolute atomic E-state index is 12.2. The summed E-state index contributed by atoms with van der Waals surface area (Å²) < 4.78 is 5.13. The number of benzene rings is 1. The first-order valence-electron chi connectivity index (χ1n) is 8.32. The molecule has 0 unspecified atom stereocenters. The molecule has 0 N–H and O–H groups in total. The summed E-state index contributed by atoms with van der Waals surface area (Å²) >= 11 is 0. The first-order chi connectivity index (χ1) is 12.5. The van der Waals surface area contributed by atoms with Crippen LogP contribution in [0.4, 0.5) is 0 Å². The number of aromatic nitrogens is 3. The predicted octanol–water partition coefficient (Wildman–Crippen LogP) is 4.77. The lowest BCUT2D eigenvalue weighted by molar-refractivity contribution is 0.101. The van der Waals surface area contributed by atoms with Gasteiger partial charge < -0.3 is 4.52 Å². The van der Waals surface area contributed by atoms with Gasteiger partial charge in [0.25, 0.3) is 0 Å². The van der Waals surface area contributed by atoms with E-state index >= 15 is 0 Å². The Morgan fingerprint density at radius 3 is 2.62 bits per heavy atom. The van der Waals surface area contributed by atoms with Gasteiger partial charge in [-0.05, 0) is 50.6 Å². The van der Waals surface area contributed by atoms with Crippen LogP contribution in [0.5, 0.6) is 0 Å². The lowest BCUT2D eigenvalue weighted by atomic mass is 9.95. The Morgan fingerprint density at radius 2 is 1.96 bits per heavy atom. The number of aryl methyl sites for hydroxylation is 2. The second-order valence-corrected chi connectivity index (χ2v) is 6.38. The minimum Gasteiger partial charge on any atom is -0.364 e. The summed E-state index contributed by atoms with van der Waals surface area (Å²) in [7, 11) is 0. The molecule has 0 spiro atoms. The fraction of sp³-hybridized carbons (Fsp3) is 0.143. The van der Waals surface area contributed by atoms with Gasteiger partial charge in [-0.2, -0.15) is 0 Å². The molecule has 0 aliphatic heterocycles. The molecule has 0 radical (unpaired) electrons. The largest absolute Gasteiger partial charge is 0.364 e. The molecule has 0 bridgehead atoms. The smallest absolute Gasteiger partial charge is 0.160 e. The van der Waals surface area contributed by atoms with Crippen LogP contribution in [0.1, 0.15) is 28.5 Å². The highest BCUT2D eigenvalue weighted by atomic mass is 16.5. The van der Waals surface area contributed by atoms with Crippen molar-refractivity contribution in [2.75, 3.05) is 0 Å². The van der Waals surface area contributed by atoms with Crippen molar-refractivity contribution in [3.05, 3.63) is 65.8 Å². The Morgan fingerprint density at radius 1 is 1.12 bits per heavy atom. The van der Waals surface area contributed by atoms with Gasteiger partial charge in [-0.25, -0.2) is 4.98 Å². The molecular formula is C21H17N3O2. The van der Waals surface area contributed by atoms with Gasteiger partial charge in [-0.15, -0.1) is 0 Å². The van der Waals surface area contributed by atoms with E-state index in [9.17, 15) is 4.79 Å². The van der Waals surface area contributed by atoms with Crippen LogP contribution in [0, 0.1) is 13.8 Å². The molecule has 128 valence electrons. The van der Waals surface area contributed by atoms with Gasteiger partial charge in [0.1, 0.15) is 6.26 Å². The van der Waals surface area contributed by atoms with Crippen molar-refractivity contribution in [1.29, 1.82) is 0 Å². The van der Waals surface area contributed by atoms with Gasteiger partial charge in [0.2, 0.25) is 0 Å². The molecule has 3 aromatic heterocycles. The number of fused-ring (bicyclic) bond motifs is 1. The van der Waals surface area contributed by atoms with Crippen LogP contribution < -0.4 is 0 Å². The molecular weight excluding hydrogens is 326 g/mol. The highest BCUT2D eigenvalue weighted by Gasteiger charge is 2.18. The van der Waals surface area contributed by atoms with E-state index in [1.807, 2.05) is 44.2 Å². The standard InChI is InChI=1S/C21H17N3O2/c1-12-7-16(14(3)25)18-9-17(15-5-4-6-22-10-15)21(23-20(18)8-12)19-11-26-24-13(19)2/h4-11H,1-3H3. The number of hydrogen-bond donors (Lipinski definition) is 0. The third-order valence-electron chi connectivity index (χ3n) is 4.44. The monoisotopic (exact) mass is 343 g/mol. The maximum Gasteiger partial charge on any atom is 0.160 e. The van der Waals surface area contributed by atoms with Crippen LogP contribution in [-0.4, -0.2) is 20.9 Å². The number of hydrogen-bond acceptors (Lipinski definition) is 5. The first-order valence-corrected chi connectivity index (χ1v) is 8.32. The van der Waals surface area contributed by atoms with Gasteiger partial charge in [-0.1, -0.05) is 11.2 Å². The molecule has 0 fully saturated rings. The highest BCUT2D eigenvalue weighted by molar-refractivity contribution is 6.08. The van der Waals surface area contributed by atoms with Crippen molar-refractivity contribution < 1.29 is 9.32 Å². The van der Waals surface area contributed by atoms with E-state index in [1.54, 1.807) is 25.6 Å². The van der Waals surface area contributed by atoms with E-state index in [0.717, 1.165) is 44.5 Å². The number of carbonyl (C=O) groups is 1. The van der Waals surface area contributed by atoms with Crippen molar-refractivity contribution in [2.45, 2.75) is 20.8 Å². The van der Waals surface area contributed by atoms with E-state index in [0.29, 0.717) is 5.56 Å². The molecule has 1 aromatic carbocycles. The Hall–Kier alpha value is -3.34. The average Bonchev–Trinajstić information content (AvgIpc) is 3.06. The van der Waals surface area contributed by atoms with Gasteiger partial charge in [0.05, 0.1) is 22.5 Å². The molecule has 0 saturated heterocycles. The van der Waals surface area contributed by atoms with Gasteiger partial charge >= 0.3 is 0 Å². The second kappa shape index (κ2) is 6.19. The molecule has 5 heteroatoms. The van der Waals surface area contributed by atoms with Crippen molar-refractivity contribution in [3.63, 3.8) is 0 Å². The molecule has 3 heterocycles. The van der Waals surface area contributed by atoms with Crippen LogP contribution in [0.2, 0.25) is 0 Å². The molecule has 0 saturated carbocycles. The zero-order valence-electron chi connectivity index (χ0n) is 14.8. The molecule has 4 rings (SSSR count). The lowest BCUT2D eigenvalue weighted by Gasteiger charge is -2.12. The molecule has 4 aromatic rings. The summed E-state index contributed by atoms with van der Waals surface area (Å²) in [4.78, 5) is 21.3. The summed E-state index contributed by atoms with van der Waals surface area (Å²) in [6, 6.07) is 9.76. The average molecular weight is 343 g/mol. The third kappa shape index (κ3) is 2.67. The first kappa shape index (κ1) is 16.1. The quantitative estimate of drug-likeness (QED) is 0.501. The number of nitrogens with zero attached hydrogens (tertiary/aromatic N) is 3. The zero-order chi connectivity index (χ0) is 18.3. The number of carbonyl (C=O) groups excluding carboxylic acids is 1. The zero-order valence-corrected chi connectivity index (χ0v) is 14.8.